The summed E-state index contributed by atoms with van der Waals surface area (Å²) >= 11 is 0. The molecule has 1 fully saturated rings. The highest BCUT2D eigenvalue weighted by molar-refractivity contribution is 7.89. The van der Waals surface area contributed by atoms with Gasteiger partial charge in [0.2, 0.25) is 10.0 Å². The number of hydrogen-bond acceptors (Lipinski definition) is 8. The highest BCUT2D eigenvalue weighted by Crippen LogP contribution is 2.32. The molecule has 9 nitrogen and oxygen atoms in total. The molecule has 0 unspecified atom stereocenters. The molecule has 0 saturated carbocycles. The van der Waals surface area contributed by atoms with E-state index >= 15 is 0 Å². The van der Waals surface area contributed by atoms with E-state index in [4.69, 9.17) is 9.97 Å². The number of hydrogen-bond donors (Lipinski definition) is 2. The van der Waals surface area contributed by atoms with Crippen molar-refractivity contribution in [2.75, 3.05) is 63.6 Å². The average molecular weight is 562 g/mol. The number of benzene rings is 1. The molecule has 0 radical (unpaired) electrons. The maximum Gasteiger partial charge on any atom is 0.240 e. The Morgan fingerprint density at radius 2 is 1.85 bits per heavy atom. The molecule has 1 aromatic carbocycles. The zero-order chi connectivity index (χ0) is 28.0. The van der Waals surface area contributed by atoms with Crippen molar-refractivity contribution in [3.8, 4) is 0 Å². The van der Waals surface area contributed by atoms with E-state index in [2.05, 4.69) is 44.9 Å². The van der Waals surface area contributed by atoms with E-state index in [1.54, 1.807) is 30.3 Å². The molecule has 1 atom stereocenters. The summed E-state index contributed by atoms with van der Waals surface area (Å²) in [6.07, 6.45) is 6.98. The minimum absolute atomic E-state index is 0.158. The largest absolute Gasteiger partial charge is 0.354 e. The van der Waals surface area contributed by atoms with Crippen molar-refractivity contribution in [2.45, 2.75) is 30.2 Å². The molecule has 0 spiro atoms. The van der Waals surface area contributed by atoms with Crippen LogP contribution in [0.4, 0.5) is 11.6 Å². The van der Waals surface area contributed by atoms with Crippen molar-refractivity contribution in [3.63, 3.8) is 0 Å². The summed E-state index contributed by atoms with van der Waals surface area (Å²) in [7, 11) is 0.629. The van der Waals surface area contributed by atoms with Crippen LogP contribution in [0.1, 0.15) is 30.1 Å². The minimum Gasteiger partial charge on any atom is -0.354 e. The Hall–Kier alpha value is -3.31. The first-order chi connectivity index (χ1) is 19.4. The van der Waals surface area contributed by atoms with Gasteiger partial charge in [-0.15, -0.1) is 0 Å². The van der Waals surface area contributed by atoms with Crippen LogP contribution < -0.4 is 14.9 Å². The fourth-order valence-corrected chi connectivity index (χ4v) is 6.36. The molecule has 0 bridgehead atoms. The molecule has 2 N–H and O–H groups in total. The fraction of sp³-hybridized carbons (Fsp3) is 0.400. The summed E-state index contributed by atoms with van der Waals surface area (Å²) in [5, 5.41) is 3.50. The van der Waals surface area contributed by atoms with Crippen LogP contribution in [0.2, 0.25) is 0 Å². The van der Waals surface area contributed by atoms with E-state index in [9.17, 15) is 8.42 Å². The highest BCUT2D eigenvalue weighted by Gasteiger charge is 2.25. The number of piperazine rings is 1. The Morgan fingerprint density at radius 1 is 1.05 bits per heavy atom. The highest BCUT2D eigenvalue weighted by atomic mass is 32.2. The van der Waals surface area contributed by atoms with Gasteiger partial charge in [0.15, 0.2) is 0 Å². The molecule has 10 heteroatoms. The molecule has 40 heavy (non-hydrogen) atoms. The van der Waals surface area contributed by atoms with Gasteiger partial charge >= 0.3 is 0 Å². The van der Waals surface area contributed by atoms with Crippen LogP contribution in [-0.4, -0.2) is 81.5 Å². The average Bonchev–Trinajstić information content (AvgIpc) is 2.97. The molecule has 1 saturated heterocycles. The lowest BCUT2D eigenvalue weighted by Crippen LogP contribution is -2.44. The fourth-order valence-electron chi connectivity index (χ4n) is 5.37. The summed E-state index contributed by atoms with van der Waals surface area (Å²) in [4.78, 5) is 16.8. The lowest BCUT2D eigenvalue weighted by atomic mass is 9.91. The smallest absolute Gasteiger partial charge is 0.240 e. The van der Waals surface area contributed by atoms with Gasteiger partial charge in [0.05, 0.1) is 16.6 Å². The zero-order valence-corrected chi connectivity index (χ0v) is 24.1. The number of nitrogens with zero attached hydrogens (tertiary/aromatic N) is 5. The van der Waals surface area contributed by atoms with Crippen LogP contribution in [0.15, 0.2) is 83.5 Å². The molecule has 5 rings (SSSR count). The van der Waals surface area contributed by atoms with Crippen molar-refractivity contribution in [1.29, 1.82) is 0 Å². The van der Waals surface area contributed by atoms with Crippen molar-refractivity contribution < 1.29 is 8.42 Å². The maximum atomic E-state index is 12.8. The SMILES string of the molecule is CN1CCN(c2cccc(N/C(=C/CNS(=O)(=O)c3ccccc3)CN(C)[C@H]3CCCc4cccnc43)n2)CC1. The first kappa shape index (κ1) is 28.2. The second kappa shape index (κ2) is 12.9. The Kier molecular flexibility index (Phi) is 9.11. The molecule has 3 aromatic rings. The third-order valence-corrected chi connectivity index (χ3v) is 9.08. The molecule has 0 amide bonds. The summed E-state index contributed by atoms with van der Waals surface area (Å²) < 4.78 is 28.4. The van der Waals surface area contributed by atoms with Crippen molar-refractivity contribution >= 4 is 21.7 Å². The van der Waals surface area contributed by atoms with Gasteiger partial charge in [-0.05, 0) is 75.3 Å². The topological polar surface area (TPSA) is 93.7 Å². The molecule has 1 aliphatic heterocycles. The predicted molar refractivity (Wildman–Crippen MR) is 160 cm³/mol. The molecule has 212 valence electrons. The number of aromatic nitrogens is 2. The van der Waals surface area contributed by atoms with Crippen molar-refractivity contribution in [1.82, 2.24) is 24.5 Å². The van der Waals surface area contributed by atoms with E-state index in [0.717, 1.165) is 68.5 Å². The normalized spacial score (nSPS) is 18.5. The number of fused-ring (bicyclic) bond motifs is 1. The Morgan fingerprint density at radius 3 is 2.65 bits per heavy atom. The van der Waals surface area contributed by atoms with Gasteiger partial charge in [-0.3, -0.25) is 9.88 Å². The van der Waals surface area contributed by atoms with Gasteiger partial charge in [-0.1, -0.05) is 30.3 Å². The summed E-state index contributed by atoms with van der Waals surface area (Å²) in [5.74, 6) is 1.69. The first-order valence-corrected chi connectivity index (χ1v) is 15.4. The molecule has 2 aromatic heterocycles. The number of nitrogens with one attached hydrogen (secondary N) is 2. The van der Waals surface area contributed by atoms with Gasteiger partial charge in [-0.2, -0.15) is 0 Å². The second-order valence-electron chi connectivity index (χ2n) is 10.6. The van der Waals surface area contributed by atoms with Crippen LogP contribution in [-0.2, 0) is 16.4 Å². The van der Waals surface area contributed by atoms with Crippen LogP contribution in [0.3, 0.4) is 0 Å². The molecular formula is C30H39N7O2S. The van der Waals surface area contributed by atoms with Gasteiger partial charge in [-0.25, -0.2) is 18.1 Å². The summed E-state index contributed by atoms with van der Waals surface area (Å²) in [6, 6.07) is 18.8. The number of rotatable bonds is 10. The Labute approximate surface area is 238 Å². The van der Waals surface area contributed by atoms with Crippen LogP contribution in [0, 0.1) is 0 Å². The molecule has 1 aliphatic carbocycles. The van der Waals surface area contributed by atoms with E-state index in [-0.39, 0.29) is 17.5 Å². The third-order valence-electron chi connectivity index (χ3n) is 7.64. The zero-order valence-electron chi connectivity index (χ0n) is 23.3. The van der Waals surface area contributed by atoms with Gasteiger partial charge in [0, 0.05) is 51.2 Å². The van der Waals surface area contributed by atoms with E-state index in [1.807, 2.05) is 36.5 Å². The molecule has 2 aliphatic rings. The number of pyridine rings is 2. The van der Waals surface area contributed by atoms with Crippen molar-refractivity contribution in [3.05, 3.63) is 89.9 Å². The van der Waals surface area contributed by atoms with Gasteiger partial charge in [0.25, 0.3) is 0 Å². The lowest BCUT2D eigenvalue weighted by molar-refractivity contribution is 0.233. The van der Waals surface area contributed by atoms with Crippen molar-refractivity contribution in [2.24, 2.45) is 0 Å². The number of anilines is 2. The number of sulfonamides is 1. The number of aryl methyl sites for hydroxylation is 1. The van der Waals surface area contributed by atoms with Crippen LogP contribution in [0.5, 0.6) is 0 Å². The van der Waals surface area contributed by atoms with E-state index < -0.39 is 10.0 Å². The van der Waals surface area contributed by atoms with Gasteiger partial charge < -0.3 is 15.1 Å². The lowest BCUT2D eigenvalue weighted by Gasteiger charge is -2.34. The van der Waals surface area contributed by atoms with Crippen LogP contribution >= 0.6 is 0 Å². The van der Waals surface area contributed by atoms with Gasteiger partial charge in [0.1, 0.15) is 11.6 Å². The van der Waals surface area contributed by atoms with Crippen LogP contribution in [0.25, 0.3) is 0 Å². The standard InChI is InChI=1S/C30H39N7O2S/c1-35-19-21-37(22-20-35)29-15-7-14-28(34-29)33-25(16-18-32-40(38,39)26-11-4-3-5-12-26)23-36(2)27-13-6-9-24-10-8-17-31-30(24)27/h3-5,7-8,10-12,14-17,27,32H,6,9,13,18-23H2,1-2H3,(H,33,34)/b25-16+/t27-/m0/s1. The summed E-state index contributed by atoms with van der Waals surface area (Å²) in [5.41, 5.74) is 3.32. The van der Waals surface area contributed by atoms with E-state index in [1.165, 1.54) is 5.56 Å². The second-order valence-corrected chi connectivity index (χ2v) is 12.3. The van der Waals surface area contributed by atoms with E-state index in [0.29, 0.717) is 6.54 Å². The first-order valence-electron chi connectivity index (χ1n) is 13.9. The Bertz CT molecular complexity index is 1410. The number of likely N-dealkylation sites (N-methyl/N-ethyl adjacent to an activating group) is 2. The maximum absolute atomic E-state index is 12.8. The predicted octanol–water partition coefficient (Wildman–Crippen LogP) is 3.51. The molecular weight excluding hydrogens is 522 g/mol. The molecule has 3 heterocycles. The Balaban J connectivity index is 1.34. The third kappa shape index (κ3) is 7.06. The monoisotopic (exact) mass is 561 g/mol. The minimum atomic E-state index is -3.62. The summed E-state index contributed by atoms with van der Waals surface area (Å²) in [6.45, 7) is 4.64. The quantitative estimate of drug-likeness (QED) is 0.389.